The molecule has 5 nitrogen and oxygen atoms in total. The number of benzene rings is 1. The van der Waals surface area contributed by atoms with E-state index in [0.29, 0.717) is 28.8 Å². The molecule has 3 heterocycles. The van der Waals surface area contributed by atoms with Gasteiger partial charge in [0.05, 0.1) is 0 Å². The summed E-state index contributed by atoms with van der Waals surface area (Å²) in [5, 5.41) is 3.41. The van der Waals surface area contributed by atoms with Crippen molar-refractivity contribution < 1.29 is 9.21 Å². The molecule has 0 unspecified atom stereocenters. The van der Waals surface area contributed by atoms with Crippen molar-refractivity contribution in [3.05, 3.63) is 75.7 Å². The highest BCUT2D eigenvalue weighted by Gasteiger charge is 2.24. The van der Waals surface area contributed by atoms with Crippen LogP contribution in [0.4, 0.5) is 0 Å². The molecule has 0 N–H and O–H groups in total. The number of thioether (sulfide) groups is 1. The first-order valence-corrected chi connectivity index (χ1v) is 11.2. The molecule has 0 saturated carbocycles. The molecule has 0 spiro atoms. The van der Waals surface area contributed by atoms with Gasteiger partial charge in [-0.2, -0.15) is 0 Å². The molecule has 0 saturated heterocycles. The minimum atomic E-state index is -0.165. The fourth-order valence-corrected chi connectivity index (χ4v) is 4.96. The first-order valence-electron chi connectivity index (χ1n) is 8.92. The number of carbonyl (C=O) groups excluding carboxylic acids is 1. The molecule has 1 amide bonds. The number of fused-ring (bicyclic) bond motifs is 1. The Kier molecular flexibility index (Phi) is 5.89. The lowest BCUT2D eigenvalue weighted by Crippen LogP contribution is -2.26. The maximum absolute atomic E-state index is 13.2. The van der Waals surface area contributed by atoms with E-state index in [4.69, 9.17) is 16.0 Å². The first-order chi connectivity index (χ1) is 14.0. The summed E-state index contributed by atoms with van der Waals surface area (Å²) in [4.78, 5) is 23.4. The number of rotatable bonds is 6. The van der Waals surface area contributed by atoms with Crippen LogP contribution in [0.5, 0.6) is 0 Å². The molecule has 4 aromatic rings. The van der Waals surface area contributed by atoms with Gasteiger partial charge >= 0.3 is 0 Å². The van der Waals surface area contributed by atoms with Gasteiger partial charge in [0.2, 0.25) is 0 Å². The summed E-state index contributed by atoms with van der Waals surface area (Å²) in [5.41, 5.74) is 3.51. The highest BCUT2D eigenvalue weighted by Crippen LogP contribution is 2.33. The molecular formula is C21H18ClN3O2S2. The summed E-state index contributed by atoms with van der Waals surface area (Å²) < 4.78 is 6.95. The van der Waals surface area contributed by atoms with Gasteiger partial charge in [0, 0.05) is 47.6 Å². The normalized spacial score (nSPS) is 11.1. The number of hydrogen-bond acceptors (Lipinski definition) is 6. The smallest absolute Gasteiger partial charge is 0.289 e. The number of amides is 1. The molecular weight excluding hydrogens is 426 g/mol. The third-order valence-electron chi connectivity index (χ3n) is 4.39. The van der Waals surface area contributed by atoms with E-state index < -0.39 is 0 Å². The largest absolute Gasteiger partial charge is 0.451 e. The predicted octanol–water partition coefficient (Wildman–Crippen LogP) is 5.81. The Morgan fingerprint density at radius 1 is 1.28 bits per heavy atom. The van der Waals surface area contributed by atoms with Crippen molar-refractivity contribution in [2.24, 2.45) is 0 Å². The highest BCUT2D eigenvalue weighted by molar-refractivity contribution is 8.00. The Labute approximate surface area is 181 Å². The molecule has 0 atom stereocenters. The van der Waals surface area contributed by atoms with Gasteiger partial charge in [0.1, 0.15) is 15.1 Å². The number of aryl methyl sites for hydroxylation is 1. The minimum absolute atomic E-state index is 0.165. The lowest BCUT2D eigenvalue weighted by Gasteiger charge is -2.16. The quantitative estimate of drug-likeness (QED) is 0.278. The summed E-state index contributed by atoms with van der Waals surface area (Å²) in [6, 6.07) is 11.3. The average molecular weight is 444 g/mol. The number of nitrogens with zero attached hydrogens (tertiary/aromatic N) is 3. The third-order valence-corrected chi connectivity index (χ3v) is 6.77. The molecule has 1 aromatic carbocycles. The molecule has 0 aliphatic heterocycles. The topological polar surface area (TPSA) is 59.2 Å². The average Bonchev–Trinajstić information content (AvgIpc) is 3.30. The fraction of sp³-hybridized carbons (Fsp3) is 0.190. The molecule has 0 fully saturated rings. The second kappa shape index (κ2) is 8.57. The van der Waals surface area contributed by atoms with Crippen LogP contribution in [0.2, 0.25) is 5.15 Å². The lowest BCUT2D eigenvalue weighted by atomic mass is 10.1. The predicted molar refractivity (Wildman–Crippen MR) is 118 cm³/mol. The molecule has 29 heavy (non-hydrogen) atoms. The van der Waals surface area contributed by atoms with Crippen LogP contribution in [0.3, 0.4) is 0 Å². The number of halogens is 1. The molecule has 0 radical (unpaired) electrons. The van der Waals surface area contributed by atoms with E-state index in [0.717, 1.165) is 26.5 Å². The van der Waals surface area contributed by atoms with Crippen molar-refractivity contribution in [2.75, 3.05) is 7.05 Å². The summed E-state index contributed by atoms with van der Waals surface area (Å²) >= 11 is 9.07. The monoisotopic (exact) mass is 443 g/mol. The Morgan fingerprint density at radius 2 is 2.10 bits per heavy atom. The van der Waals surface area contributed by atoms with Gasteiger partial charge in [-0.15, -0.1) is 11.3 Å². The zero-order valence-electron chi connectivity index (χ0n) is 15.9. The van der Waals surface area contributed by atoms with E-state index in [-0.39, 0.29) is 5.91 Å². The number of para-hydroxylation sites is 1. The minimum Gasteiger partial charge on any atom is -0.451 e. The Balaban J connectivity index is 1.61. The van der Waals surface area contributed by atoms with Crippen LogP contribution in [-0.4, -0.2) is 27.8 Å². The van der Waals surface area contributed by atoms with Crippen molar-refractivity contribution >= 4 is 51.6 Å². The van der Waals surface area contributed by atoms with E-state index in [2.05, 4.69) is 9.97 Å². The second-order valence-corrected chi connectivity index (χ2v) is 9.07. The van der Waals surface area contributed by atoms with E-state index in [9.17, 15) is 4.79 Å². The van der Waals surface area contributed by atoms with Gasteiger partial charge in [0.25, 0.3) is 5.91 Å². The summed E-state index contributed by atoms with van der Waals surface area (Å²) in [7, 11) is 1.76. The van der Waals surface area contributed by atoms with E-state index >= 15 is 0 Å². The van der Waals surface area contributed by atoms with Gasteiger partial charge in [-0.05, 0) is 24.6 Å². The standard InChI is InChI=1S/C21H18ClN3O2S2/c1-13-11-28-21(24-13)29-12-16-15-5-3-4-6-17(15)27-19(16)20(26)25(2)10-14-7-8-18(22)23-9-14/h3-9,11H,10,12H2,1-2H3. The van der Waals surface area contributed by atoms with Crippen molar-refractivity contribution in [3.8, 4) is 0 Å². The lowest BCUT2D eigenvalue weighted by molar-refractivity contribution is 0.0754. The summed E-state index contributed by atoms with van der Waals surface area (Å²) in [6.45, 7) is 2.39. The van der Waals surface area contributed by atoms with E-state index in [1.54, 1.807) is 47.3 Å². The Bertz CT molecular complexity index is 1150. The Hall–Kier alpha value is -2.35. The molecule has 8 heteroatoms. The van der Waals surface area contributed by atoms with Crippen LogP contribution in [0.1, 0.15) is 27.4 Å². The van der Waals surface area contributed by atoms with Gasteiger partial charge in [-0.1, -0.05) is 47.6 Å². The second-order valence-electron chi connectivity index (χ2n) is 6.60. The van der Waals surface area contributed by atoms with Crippen LogP contribution in [0, 0.1) is 6.92 Å². The van der Waals surface area contributed by atoms with Crippen LogP contribution >= 0.6 is 34.7 Å². The fourth-order valence-electron chi connectivity index (χ4n) is 2.97. The van der Waals surface area contributed by atoms with Crippen LogP contribution in [0.15, 0.2) is 56.7 Å². The molecule has 3 aromatic heterocycles. The van der Waals surface area contributed by atoms with Gasteiger partial charge < -0.3 is 9.32 Å². The molecule has 4 rings (SSSR count). The summed E-state index contributed by atoms with van der Waals surface area (Å²) in [5.74, 6) is 0.819. The van der Waals surface area contributed by atoms with Crippen LogP contribution in [0.25, 0.3) is 11.0 Å². The number of thiazole rings is 1. The van der Waals surface area contributed by atoms with Gasteiger partial charge in [-0.3, -0.25) is 4.79 Å². The van der Waals surface area contributed by atoms with Crippen LogP contribution < -0.4 is 0 Å². The van der Waals surface area contributed by atoms with E-state index in [1.807, 2.05) is 42.6 Å². The maximum atomic E-state index is 13.2. The number of carbonyl (C=O) groups is 1. The van der Waals surface area contributed by atoms with Gasteiger partial charge in [-0.25, -0.2) is 9.97 Å². The Morgan fingerprint density at radius 3 is 2.83 bits per heavy atom. The molecule has 0 aliphatic rings. The van der Waals surface area contributed by atoms with Crippen molar-refractivity contribution in [1.29, 1.82) is 0 Å². The third kappa shape index (κ3) is 4.47. The van der Waals surface area contributed by atoms with Crippen molar-refractivity contribution in [3.63, 3.8) is 0 Å². The van der Waals surface area contributed by atoms with Crippen molar-refractivity contribution in [2.45, 2.75) is 23.6 Å². The van der Waals surface area contributed by atoms with Crippen molar-refractivity contribution in [1.82, 2.24) is 14.9 Å². The van der Waals surface area contributed by atoms with Gasteiger partial charge in [0.15, 0.2) is 5.76 Å². The molecule has 0 aliphatic carbocycles. The zero-order chi connectivity index (χ0) is 20.4. The number of hydrogen-bond donors (Lipinski definition) is 0. The molecule has 0 bridgehead atoms. The molecule has 148 valence electrons. The van der Waals surface area contributed by atoms with E-state index in [1.165, 1.54) is 0 Å². The highest BCUT2D eigenvalue weighted by atomic mass is 35.5. The number of furan rings is 1. The summed E-state index contributed by atoms with van der Waals surface area (Å²) in [6.07, 6.45) is 1.67. The zero-order valence-corrected chi connectivity index (χ0v) is 18.3. The van der Waals surface area contributed by atoms with Crippen LogP contribution in [-0.2, 0) is 12.3 Å². The first kappa shape index (κ1) is 19.9. The maximum Gasteiger partial charge on any atom is 0.289 e. The number of aromatic nitrogens is 2. The number of pyridine rings is 1. The SMILES string of the molecule is Cc1csc(SCc2c(C(=O)N(C)Cc3ccc(Cl)nc3)oc3ccccc23)n1.